The molecule has 0 saturated carbocycles. The quantitative estimate of drug-likeness (QED) is 0.590. The van der Waals surface area contributed by atoms with Crippen LogP contribution in [0.15, 0.2) is 16.9 Å². The van der Waals surface area contributed by atoms with Crippen LogP contribution in [-0.4, -0.2) is 23.3 Å². The van der Waals surface area contributed by atoms with Gasteiger partial charge in [0.05, 0.1) is 11.2 Å². The average Bonchev–Trinajstić information content (AvgIpc) is 2.47. The Morgan fingerprint density at radius 3 is 2.41 bits per heavy atom. The third-order valence-electron chi connectivity index (χ3n) is 3.39. The molecule has 3 nitrogen and oxygen atoms in total. The second-order valence-corrected chi connectivity index (χ2v) is 5.95. The molecule has 0 atom stereocenters. The van der Waals surface area contributed by atoms with Crippen molar-refractivity contribution >= 4 is 28.5 Å². The first-order valence-corrected chi connectivity index (χ1v) is 6.25. The Morgan fingerprint density at radius 2 is 1.88 bits per heavy atom. The van der Waals surface area contributed by atoms with Gasteiger partial charge in [-0.25, -0.2) is 4.98 Å². The van der Waals surface area contributed by atoms with Gasteiger partial charge in [0.25, 0.3) is 0 Å². The highest BCUT2D eigenvalue weighted by Crippen LogP contribution is 2.36. The van der Waals surface area contributed by atoms with E-state index in [9.17, 15) is 0 Å². The maximum Gasteiger partial charge on any atom is 0.496 e. The van der Waals surface area contributed by atoms with E-state index in [0.29, 0.717) is 10.1 Å². The molecular weight excluding hydrogens is 281 g/mol. The van der Waals surface area contributed by atoms with E-state index < -0.39 is 25.2 Å². The number of nitrogens with zero attached hydrogens (tertiary/aromatic N) is 1. The van der Waals surface area contributed by atoms with Crippen LogP contribution in [0, 0.1) is 6.85 Å². The van der Waals surface area contributed by atoms with Gasteiger partial charge in [-0.05, 0) is 56.0 Å². The van der Waals surface area contributed by atoms with Crippen molar-refractivity contribution in [1.29, 1.82) is 0 Å². The summed E-state index contributed by atoms with van der Waals surface area (Å²) < 4.78 is 34.7. The van der Waals surface area contributed by atoms with Crippen LogP contribution in [0.1, 0.15) is 37.4 Å². The summed E-state index contributed by atoms with van der Waals surface area (Å²) in [5, 5.41) is 0. The van der Waals surface area contributed by atoms with Gasteiger partial charge >= 0.3 is 7.12 Å². The lowest BCUT2D eigenvalue weighted by Crippen LogP contribution is -2.41. The smallest absolute Gasteiger partial charge is 0.399 e. The van der Waals surface area contributed by atoms with E-state index in [1.807, 2.05) is 27.7 Å². The molecule has 2 rings (SSSR count). The number of aromatic nitrogens is 1. The molecule has 1 aliphatic rings. The first-order chi connectivity index (χ1) is 8.94. The Labute approximate surface area is 115 Å². The number of hydrogen-bond acceptors (Lipinski definition) is 3. The molecule has 0 spiro atoms. The Balaban J connectivity index is 2.37. The van der Waals surface area contributed by atoms with Gasteiger partial charge in [0.15, 0.2) is 0 Å². The summed E-state index contributed by atoms with van der Waals surface area (Å²) in [7, 11) is -0.610. The van der Waals surface area contributed by atoms with Crippen LogP contribution in [0.4, 0.5) is 0 Å². The molecule has 5 heteroatoms. The third kappa shape index (κ3) is 2.28. The number of pyridine rings is 1. The Kier molecular flexibility index (Phi) is 2.28. The second kappa shape index (κ2) is 4.07. The van der Waals surface area contributed by atoms with Gasteiger partial charge < -0.3 is 9.31 Å². The van der Waals surface area contributed by atoms with Crippen LogP contribution in [0.2, 0.25) is 0 Å². The maximum atomic E-state index is 7.52. The summed E-state index contributed by atoms with van der Waals surface area (Å²) in [6, 6.07) is 1.56. The molecule has 0 bridgehead atoms. The van der Waals surface area contributed by atoms with E-state index in [2.05, 4.69) is 20.9 Å². The SMILES string of the molecule is [2H]C([2H])([2H])c1cc(B2OC(C)(C)C(C)(C)O2)cnc1Br. The lowest BCUT2D eigenvalue weighted by molar-refractivity contribution is 0.00578. The van der Waals surface area contributed by atoms with E-state index >= 15 is 0 Å². The zero-order valence-electron chi connectivity index (χ0n) is 13.4. The number of aryl methyl sites for hydroxylation is 1. The van der Waals surface area contributed by atoms with E-state index in [4.69, 9.17) is 13.4 Å². The molecule has 0 radical (unpaired) electrons. The van der Waals surface area contributed by atoms with Gasteiger partial charge in [0, 0.05) is 15.8 Å². The van der Waals surface area contributed by atoms with Gasteiger partial charge in [-0.15, -0.1) is 0 Å². The van der Waals surface area contributed by atoms with Crippen molar-refractivity contribution in [3.05, 3.63) is 22.4 Å². The molecule has 0 aromatic carbocycles. The molecular formula is C12H17BBrNO2. The fourth-order valence-electron chi connectivity index (χ4n) is 1.57. The minimum absolute atomic E-state index is 0.157. The first kappa shape index (κ1) is 9.53. The van der Waals surface area contributed by atoms with E-state index in [-0.39, 0.29) is 5.56 Å². The number of halogens is 1. The van der Waals surface area contributed by atoms with Gasteiger partial charge in [-0.2, -0.15) is 0 Å². The van der Waals surface area contributed by atoms with Gasteiger partial charge in [0.2, 0.25) is 0 Å². The van der Waals surface area contributed by atoms with E-state index in [0.717, 1.165) is 0 Å². The van der Waals surface area contributed by atoms with Crippen molar-refractivity contribution in [2.45, 2.75) is 45.7 Å². The van der Waals surface area contributed by atoms with Crippen LogP contribution >= 0.6 is 15.9 Å². The number of hydrogen-bond donors (Lipinski definition) is 0. The van der Waals surface area contributed by atoms with Crippen molar-refractivity contribution in [3.63, 3.8) is 0 Å². The Hall–Kier alpha value is -0.385. The second-order valence-electron chi connectivity index (χ2n) is 5.20. The predicted octanol–water partition coefficient (Wildman–Crippen LogP) is 2.45. The highest BCUT2D eigenvalue weighted by molar-refractivity contribution is 9.10. The zero-order valence-corrected chi connectivity index (χ0v) is 12.0. The lowest BCUT2D eigenvalue weighted by Gasteiger charge is -2.32. The summed E-state index contributed by atoms with van der Waals surface area (Å²) in [5.74, 6) is 0. The van der Waals surface area contributed by atoms with Crippen LogP contribution < -0.4 is 5.46 Å². The van der Waals surface area contributed by atoms with Crippen LogP contribution in [-0.2, 0) is 9.31 Å². The largest absolute Gasteiger partial charge is 0.496 e. The molecule has 17 heavy (non-hydrogen) atoms. The summed E-state index contributed by atoms with van der Waals surface area (Å²) in [4.78, 5) is 4.08. The predicted molar refractivity (Wildman–Crippen MR) is 72.4 cm³/mol. The first-order valence-electron chi connectivity index (χ1n) is 6.96. The van der Waals surface area contributed by atoms with Gasteiger partial charge in [-0.3, -0.25) is 0 Å². The molecule has 0 amide bonds. The van der Waals surface area contributed by atoms with Gasteiger partial charge in [0.1, 0.15) is 4.60 Å². The minimum Gasteiger partial charge on any atom is -0.399 e. The maximum absolute atomic E-state index is 7.52. The standard InChI is InChI=1S/C12H17BBrNO2/c1-8-6-9(7-15-10(8)14)13-16-11(2,3)12(4,5)17-13/h6-7H,1-5H3/i1D3. The van der Waals surface area contributed by atoms with Crippen LogP contribution in [0.3, 0.4) is 0 Å². The normalized spacial score (nSPS) is 25.2. The molecule has 1 aromatic heterocycles. The Morgan fingerprint density at radius 1 is 1.29 bits per heavy atom. The van der Waals surface area contributed by atoms with E-state index in [1.165, 1.54) is 0 Å². The highest BCUT2D eigenvalue weighted by Gasteiger charge is 2.51. The minimum atomic E-state index is -2.23. The summed E-state index contributed by atoms with van der Waals surface area (Å²) in [5.41, 5.74) is -0.168. The third-order valence-corrected chi connectivity index (χ3v) is 4.02. The van der Waals surface area contributed by atoms with Crippen molar-refractivity contribution in [3.8, 4) is 0 Å². The zero-order chi connectivity index (χ0) is 15.3. The lowest BCUT2D eigenvalue weighted by atomic mass is 9.80. The average molecular weight is 301 g/mol. The van der Waals surface area contributed by atoms with Crippen molar-refractivity contribution < 1.29 is 13.4 Å². The molecule has 0 aliphatic carbocycles. The molecule has 2 heterocycles. The monoisotopic (exact) mass is 300 g/mol. The number of rotatable bonds is 1. The van der Waals surface area contributed by atoms with Crippen molar-refractivity contribution in [1.82, 2.24) is 4.98 Å². The fraction of sp³-hybridized carbons (Fsp3) is 0.583. The summed E-state index contributed by atoms with van der Waals surface area (Å²) in [6.07, 6.45) is 1.57. The van der Waals surface area contributed by atoms with Crippen LogP contribution in [0.25, 0.3) is 0 Å². The molecule has 92 valence electrons. The topological polar surface area (TPSA) is 31.4 Å². The molecule has 1 aromatic rings. The van der Waals surface area contributed by atoms with Crippen LogP contribution in [0.5, 0.6) is 0 Å². The molecule has 1 saturated heterocycles. The Bertz CT molecular complexity index is 518. The van der Waals surface area contributed by atoms with Gasteiger partial charge in [-0.1, -0.05) is 6.07 Å². The van der Waals surface area contributed by atoms with Crippen molar-refractivity contribution in [2.75, 3.05) is 0 Å². The summed E-state index contributed by atoms with van der Waals surface area (Å²) in [6.45, 7) is 5.56. The molecule has 0 unspecified atom stereocenters. The van der Waals surface area contributed by atoms with Crippen molar-refractivity contribution in [2.24, 2.45) is 0 Å². The summed E-state index contributed by atoms with van der Waals surface area (Å²) >= 11 is 3.17. The highest BCUT2D eigenvalue weighted by atomic mass is 79.9. The molecule has 1 aliphatic heterocycles. The fourth-order valence-corrected chi connectivity index (χ4v) is 1.79. The molecule has 0 N–H and O–H groups in total. The van der Waals surface area contributed by atoms with E-state index in [1.54, 1.807) is 12.3 Å². The molecule has 1 fully saturated rings.